The van der Waals surface area contributed by atoms with Gasteiger partial charge in [0.2, 0.25) is 0 Å². The standard InChI is InChI=1S/C14H23N3O4/c1-11-9-13(18)17(21-11)14(19)10-16-6-3-12(4-7-16)20-8-2-5-15/h9,12H,2-8,10,15H2,1H3. The highest BCUT2D eigenvalue weighted by Crippen LogP contribution is 2.13. The Balaban J connectivity index is 1.77. The Morgan fingerprint density at radius 1 is 1.48 bits per heavy atom. The lowest BCUT2D eigenvalue weighted by Gasteiger charge is -2.31. The van der Waals surface area contributed by atoms with Gasteiger partial charge in [-0.15, -0.1) is 4.74 Å². The summed E-state index contributed by atoms with van der Waals surface area (Å²) in [6.07, 6.45) is 2.91. The predicted octanol–water partition coefficient (Wildman–Crippen LogP) is 0.220. The largest absolute Gasteiger partial charge is 0.378 e. The Morgan fingerprint density at radius 2 is 2.19 bits per heavy atom. The van der Waals surface area contributed by atoms with Gasteiger partial charge in [-0.25, -0.2) is 0 Å². The number of ether oxygens (including phenoxy) is 1. The first-order chi connectivity index (χ1) is 10.1. The summed E-state index contributed by atoms with van der Waals surface area (Å²) in [4.78, 5) is 25.6. The summed E-state index contributed by atoms with van der Waals surface area (Å²) < 4.78 is 11.6. The molecule has 0 unspecified atom stereocenters. The Kier molecular flexibility index (Phi) is 5.72. The number of piperidine rings is 1. The van der Waals surface area contributed by atoms with Gasteiger partial charge in [-0.05, 0) is 32.7 Å². The maximum absolute atomic E-state index is 12.0. The number of nitrogens with two attached hydrogens (primary N) is 1. The molecule has 118 valence electrons. The number of aryl methyl sites for hydroxylation is 1. The van der Waals surface area contributed by atoms with Crippen LogP contribution >= 0.6 is 0 Å². The molecule has 0 radical (unpaired) electrons. The van der Waals surface area contributed by atoms with E-state index in [9.17, 15) is 9.59 Å². The molecule has 21 heavy (non-hydrogen) atoms. The van der Waals surface area contributed by atoms with Gasteiger partial charge in [-0.2, -0.15) is 0 Å². The van der Waals surface area contributed by atoms with Crippen LogP contribution in [0.4, 0.5) is 0 Å². The Bertz CT molecular complexity index is 515. The SMILES string of the molecule is Cc1cc(=O)n(C(=O)CN2CCC(OCCCN)CC2)o1. The van der Waals surface area contributed by atoms with E-state index in [1.807, 2.05) is 4.90 Å². The summed E-state index contributed by atoms with van der Waals surface area (Å²) in [5.74, 6) is 0.121. The highest BCUT2D eigenvalue weighted by Gasteiger charge is 2.23. The predicted molar refractivity (Wildman–Crippen MR) is 77.4 cm³/mol. The quantitative estimate of drug-likeness (QED) is 0.755. The molecule has 1 saturated heterocycles. The normalized spacial score (nSPS) is 17.2. The fraction of sp³-hybridized carbons (Fsp3) is 0.714. The van der Waals surface area contributed by atoms with Crippen molar-refractivity contribution in [2.45, 2.75) is 32.3 Å². The fourth-order valence-electron chi connectivity index (χ4n) is 2.44. The molecule has 0 amide bonds. The fourth-order valence-corrected chi connectivity index (χ4v) is 2.44. The van der Waals surface area contributed by atoms with Crippen LogP contribution in [0, 0.1) is 6.92 Å². The third-order valence-corrected chi connectivity index (χ3v) is 3.58. The highest BCUT2D eigenvalue weighted by molar-refractivity contribution is 5.79. The molecule has 0 aromatic carbocycles. The van der Waals surface area contributed by atoms with E-state index >= 15 is 0 Å². The van der Waals surface area contributed by atoms with E-state index in [2.05, 4.69) is 0 Å². The van der Waals surface area contributed by atoms with Gasteiger partial charge in [0.25, 0.3) is 11.5 Å². The monoisotopic (exact) mass is 297 g/mol. The maximum Gasteiger partial charge on any atom is 0.290 e. The van der Waals surface area contributed by atoms with Crippen LogP contribution in [0.1, 0.15) is 29.8 Å². The van der Waals surface area contributed by atoms with E-state index in [4.69, 9.17) is 15.0 Å². The summed E-state index contributed by atoms with van der Waals surface area (Å²) in [5, 5.41) is 0. The van der Waals surface area contributed by atoms with Gasteiger partial charge in [0.1, 0.15) is 5.76 Å². The van der Waals surface area contributed by atoms with Crippen LogP contribution < -0.4 is 11.3 Å². The molecule has 1 aliphatic heterocycles. The minimum Gasteiger partial charge on any atom is -0.378 e. The molecule has 0 spiro atoms. The minimum atomic E-state index is -0.405. The third-order valence-electron chi connectivity index (χ3n) is 3.58. The second-order valence-electron chi connectivity index (χ2n) is 5.36. The van der Waals surface area contributed by atoms with Gasteiger partial charge in [0, 0.05) is 25.8 Å². The van der Waals surface area contributed by atoms with Crippen LogP contribution in [0.25, 0.3) is 0 Å². The van der Waals surface area contributed by atoms with Gasteiger partial charge >= 0.3 is 0 Å². The minimum absolute atomic E-state index is 0.197. The molecular formula is C14H23N3O4. The van der Waals surface area contributed by atoms with Crippen LogP contribution in [0.5, 0.6) is 0 Å². The molecule has 0 saturated carbocycles. The van der Waals surface area contributed by atoms with Gasteiger partial charge in [-0.3, -0.25) is 14.5 Å². The summed E-state index contributed by atoms with van der Waals surface area (Å²) in [6, 6.07) is 1.31. The second kappa shape index (κ2) is 7.53. The van der Waals surface area contributed by atoms with Crippen molar-refractivity contribution in [2.24, 2.45) is 5.73 Å². The van der Waals surface area contributed by atoms with Crippen LogP contribution in [0.2, 0.25) is 0 Å². The maximum atomic E-state index is 12.0. The number of rotatable bonds is 6. The van der Waals surface area contributed by atoms with Crippen LogP contribution in [0.3, 0.4) is 0 Å². The number of carbonyl (C=O) groups excluding carboxylic acids is 1. The zero-order valence-corrected chi connectivity index (χ0v) is 12.4. The number of carbonyl (C=O) groups is 1. The molecule has 7 heteroatoms. The zero-order chi connectivity index (χ0) is 15.2. The molecule has 2 N–H and O–H groups in total. The molecule has 7 nitrogen and oxygen atoms in total. The first-order valence-electron chi connectivity index (χ1n) is 7.37. The molecule has 1 aliphatic rings. The average molecular weight is 297 g/mol. The number of likely N-dealkylation sites (tertiary alicyclic amines) is 1. The summed E-state index contributed by atoms with van der Waals surface area (Å²) >= 11 is 0. The third kappa shape index (κ3) is 4.52. The number of nitrogens with zero attached hydrogens (tertiary/aromatic N) is 2. The van der Waals surface area contributed by atoms with Gasteiger partial charge in [0.15, 0.2) is 0 Å². The van der Waals surface area contributed by atoms with E-state index in [1.54, 1.807) is 6.92 Å². The molecule has 0 aliphatic carbocycles. The molecule has 0 bridgehead atoms. The lowest BCUT2D eigenvalue weighted by molar-refractivity contribution is 0.00627. The van der Waals surface area contributed by atoms with Crippen molar-refractivity contribution in [1.29, 1.82) is 0 Å². The lowest BCUT2D eigenvalue weighted by atomic mass is 10.1. The van der Waals surface area contributed by atoms with E-state index in [0.717, 1.165) is 37.1 Å². The van der Waals surface area contributed by atoms with Crippen molar-refractivity contribution < 1.29 is 14.1 Å². The summed E-state index contributed by atoms with van der Waals surface area (Å²) in [6.45, 7) is 4.75. The van der Waals surface area contributed by atoms with Crippen LogP contribution in [-0.2, 0) is 4.74 Å². The molecule has 1 aromatic rings. The van der Waals surface area contributed by atoms with Crippen molar-refractivity contribution in [3.63, 3.8) is 0 Å². The van der Waals surface area contributed by atoms with Crippen molar-refractivity contribution in [1.82, 2.24) is 9.64 Å². The van der Waals surface area contributed by atoms with Gasteiger partial charge in [-0.1, -0.05) is 0 Å². The Labute approximate surface area is 123 Å². The molecule has 2 heterocycles. The second-order valence-corrected chi connectivity index (χ2v) is 5.36. The van der Waals surface area contributed by atoms with Crippen molar-refractivity contribution in [3.8, 4) is 0 Å². The number of aromatic nitrogens is 1. The average Bonchev–Trinajstić information content (AvgIpc) is 2.80. The molecule has 1 aromatic heterocycles. The van der Waals surface area contributed by atoms with E-state index in [-0.39, 0.29) is 18.6 Å². The number of hydrogen-bond acceptors (Lipinski definition) is 6. The number of hydrogen-bond donors (Lipinski definition) is 1. The van der Waals surface area contributed by atoms with Crippen molar-refractivity contribution in [3.05, 3.63) is 22.2 Å². The molecule has 1 fully saturated rings. The summed E-state index contributed by atoms with van der Waals surface area (Å²) in [7, 11) is 0. The van der Waals surface area contributed by atoms with Crippen molar-refractivity contribution in [2.75, 3.05) is 32.8 Å². The van der Waals surface area contributed by atoms with E-state index in [0.29, 0.717) is 18.9 Å². The lowest BCUT2D eigenvalue weighted by Crippen LogP contribution is -2.42. The Hall–Kier alpha value is -1.44. The first kappa shape index (κ1) is 15.9. The topological polar surface area (TPSA) is 90.7 Å². The smallest absolute Gasteiger partial charge is 0.290 e. The molecular weight excluding hydrogens is 274 g/mol. The van der Waals surface area contributed by atoms with E-state index < -0.39 is 5.56 Å². The van der Waals surface area contributed by atoms with Crippen LogP contribution in [-0.4, -0.2) is 54.4 Å². The summed E-state index contributed by atoms with van der Waals surface area (Å²) in [5.41, 5.74) is 5.02. The van der Waals surface area contributed by atoms with E-state index in [1.165, 1.54) is 6.07 Å². The van der Waals surface area contributed by atoms with Crippen molar-refractivity contribution >= 4 is 5.91 Å². The Morgan fingerprint density at radius 3 is 2.76 bits per heavy atom. The molecule has 2 rings (SSSR count). The van der Waals surface area contributed by atoms with Gasteiger partial charge < -0.3 is 15.0 Å². The molecule has 0 atom stereocenters. The van der Waals surface area contributed by atoms with Crippen LogP contribution in [0.15, 0.2) is 15.4 Å². The highest BCUT2D eigenvalue weighted by atomic mass is 16.5. The first-order valence-corrected chi connectivity index (χ1v) is 7.37. The zero-order valence-electron chi connectivity index (χ0n) is 12.4. The van der Waals surface area contributed by atoms with Gasteiger partial charge in [0.05, 0.1) is 12.6 Å².